The molecule has 1 aliphatic rings. The summed E-state index contributed by atoms with van der Waals surface area (Å²) in [4.78, 5) is 15.8. The fourth-order valence-corrected chi connectivity index (χ4v) is 2.74. The highest BCUT2D eigenvalue weighted by Gasteiger charge is 2.28. The Morgan fingerprint density at radius 1 is 1.33 bits per heavy atom. The van der Waals surface area contributed by atoms with Crippen LogP contribution in [0.4, 0.5) is 5.69 Å². The van der Waals surface area contributed by atoms with Gasteiger partial charge in [0.25, 0.3) is 5.91 Å². The third-order valence-electron chi connectivity index (χ3n) is 4.14. The highest BCUT2D eigenvalue weighted by molar-refractivity contribution is 5.79. The van der Waals surface area contributed by atoms with E-state index in [0.29, 0.717) is 13.2 Å². The zero-order valence-electron chi connectivity index (χ0n) is 13.0. The van der Waals surface area contributed by atoms with Crippen molar-refractivity contribution in [3.05, 3.63) is 30.3 Å². The monoisotopic (exact) mass is 292 g/mol. The van der Waals surface area contributed by atoms with Crippen LogP contribution in [-0.4, -0.2) is 58.4 Å². The molecular formula is C16H26N3O2+. The van der Waals surface area contributed by atoms with Gasteiger partial charge in [0.05, 0.1) is 32.8 Å². The summed E-state index contributed by atoms with van der Waals surface area (Å²) in [6.07, 6.45) is 0. The van der Waals surface area contributed by atoms with Gasteiger partial charge in [-0.2, -0.15) is 0 Å². The number of rotatable bonds is 6. The van der Waals surface area contributed by atoms with Crippen molar-refractivity contribution >= 4 is 11.6 Å². The Morgan fingerprint density at radius 3 is 2.62 bits per heavy atom. The highest BCUT2D eigenvalue weighted by atomic mass is 16.5. The summed E-state index contributed by atoms with van der Waals surface area (Å²) in [7, 11) is 1.64. The molecule has 1 amide bonds. The average molecular weight is 292 g/mol. The number of anilines is 1. The van der Waals surface area contributed by atoms with E-state index in [1.54, 1.807) is 7.11 Å². The molecule has 0 aliphatic carbocycles. The van der Waals surface area contributed by atoms with Crippen molar-refractivity contribution in [2.45, 2.75) is 13.0 Å². The number of hydrogen-bond acceptors (Lipinski definition) is 3. The zero-order valence-corrected chi connectivity index (χ0v) is 13.0. The Kier molecular flexibility index (Phi) is 6.02. The van der Waals surface area contributed by atoms with E-state index in [1.165, 1.54) is 10.6 Å². The number of methoxy groups -OCH3 is 1. The van der Waals surface area contributed by atoms with Gasteiger partial charge in [-0.15, -0.1) is 0 Å². The summed E-state index contributed by atoms with van der Waals surface area (Å²) in [5, 5.41) is 2.93. The SMILES string of the molecule is COCCNC(=O)[C@@H](C)[NH+]1CCN(c2ccccc2)CC1. The molecule has 2 N–H and O–H groups in total. The first kappa shape index (κ1) is 15.8. The number of benzene rings is 1. The molecule has 1 aromatic rings. The molecular weight excluding hydrogens is 266 g/mol. The van der Waals surface area contributed by atoms with Gasteiger partial charge in [-0.1, -0.05) is 18.2 Å². The summed E-state index contributed by atoms with van der Waals surface area (Å²) >= 11 is 0. The van der Waals surface area contributed by atoms with Gasteiger partial charge in [-0.05, 0) is 19.1 Å². The second-order valence-corrected chi connectivity index (χ2v) is 5.49. The maximum atomic E-state index is 12.1. The number of nitrogens with zero attached hydrogens (tertiary/aromatic N) is 1. The van der Waals surface area contributed by atoms with E-state index in [2.05, 4.69) is 34.5 Å². The molecule has 5 nitrogen and oxygen atoms in total. The molecule has 0 saturated carbocycles. The van der Waals surface area contributed by atoms with Crippen molar-refractivity contribution in [1.82, 2.24) is 5.32 Å². The van der Waals surface area contributed by atoms with E-state index < -0.39 is 0 Å². The Labute approximate surface area is 126 Å². The van der Waals surface area contributed by atoms with Crippen LogP contribution in [0.25, 0.3) is 0 Å². The fraction of sp³-hybridized carbons (Fsp3) is 0.562. The van der Waals surface area contributed by atoms with Crippen molar-refractivity contribution in [3.8, 4) is 0 Å². The second-order valence-electron chi connectivity index (χ2n) is 5.49. The first-order valence-electron chi connectivity index (χ1n) is 7.63. The highest BCUT2D eigenvalue weighted by Crippen LogP contribution is 2.12. The fourth-order valence-electron chi connectivity index (χ4n) is 2.74. The Morgan fingerprint density at radius 2 is 2.00 bits per heavy atom. The molecule has 5 heteroatoms. The number of quaternary nitrogens is 1. The largest absolute Gasteiger partial charge is 0.383 e. The topological polar surface area (TPSA) is 46.0 Å². The standard InChI is InChI=1S/C16H25N3O2/c1-14(16(20)17-8-13-21-2)18-9-11-19(12-10-18)15-6-4-3-5-7-15/h3-7,14H,8-13H2,1-2H3,(H,17,20)/p+1/t14-/m1/s1. The first-order valence-corrected chi connectivity index (χ1v) is 7.63. The number of hydrogen-bond donors (Lipinski definition) is 2. The number of carbonyl (C=O) groups excluding carboxylic acids is 1. The summed E-state index contributed by atoms with van der Waals surface area (Å²) in [5.41, 5.74) is 1.27. The molecule has 116 valence electrons. The van der Waals surface area contributed by atoms with Crippen LogP contribution in [0.5, 0.6) is 0 Å². The van der Waals surface area contributed by atoms with Gasteiger partial charge < -0.3 is 19.9 Å². The lowest BCUT2D eigenvalue weighted by Crippen LogP contribution is -3.19. The van der Waals surface area contributed by atoms with Gasteiger partial charge in [-0.25, -0.2) is 0 Å². The van der Waals surface area contributed by atoms with E-state index in [1.807, 2.05) is 13.0 Å². The molecule has 1 atom stereocenters. The number of nitrogens with one attached hydrogen (secondary N) is 2. The molecule has 0 bridgehead atoms. The van der Waals surface area contributed by atoms with Crippen molar-refractivity contribution in [2.75, 3.05) is 51.3 Å². The summed E-state index contributed by atoms with van der Waals surface area (Å²) in [6.45, 7) is 7.14. The van der Waals surface area contributed by atoms with Crippen LogP contribution in [0, 0.1) is 0 Å². The van der Waals surface area contributed by atoms with Crippen molar-refractivity contribution in [2.24, 2.45) is 0 Å². The van der Waals surface area contributed by atoms with Crippen LogP contribution in [0.3, 0.4) is 0 Å². The van der Waals surface area contributed by atoms with Gasteiger partial charge in [0.15, 0.2) is 6.04 Å². The molecule has 2 rings (SSSR count). The lowest BCUT2D eigenvalue weighted by atomic mass is 10.2. The minimum atomic E-state index is -0.000204. The Bertz CT molecular complexity index is 430. The van der Waals surface area contributed by atoms with Crippen molar-refractivity contribution in [3.63, 3.8) is 0 Å². The van der Waals surface area contributed by atoms with Gasteiger partial charge >= 0.3 is 0 Å². The normalized spacial score (nSPS) is 17.5. The number of carbonyl (C=O) groups is 1. The van der Waals surface area contributed by atoms with Crippen LogP contribution < -0.4 is 15.1 Å². The second kappa shape index (κ2) is 8.00. The minimum Gasteiger partial charge on any atom is -0.383 e. The van der Waals surface area contributed by atoms with Crippen LogP contribution in [0.1, 0.15) is 6.92 Å². The molecule has 1 saturated heterocycles. The first-order chi connectivity index (χ1) is 10.2. The maximum Gasteiger partial charge on any atom is 0.278 e. The molecule has 0 radical (unpaired) electrons. The zero-order chi connectivity index (χ0) is 15.1. The van der Waals surface area contributed by atoms with Gasteiger partial charge in [0.1, 0.15) is 0 Å². The number of piperazine rings is 1. The van der Waals surface area contributed by atoms with Crippen LogP contribution >= 0.6 is 0 Å². The Balaban J connectivity index is 1.79. The van der Waals surface area contributed by atoms with Crippen molar-refractivity contribution < 1.29 is 14.4 Å². The molecule has 1 aliphatic heterocycles. The maximum absolute atomic E-state index is 12.1. The summed E-state index contributed by atoms with van der Waals surface area (Å²) < 4.78 is 4.95. The predicted molar refractivity (Wildman–Crippen MR) is 83.7 cm³/mol. The van der Waals surface area contributed by atoms with Crippen LogP contribution in [0.15, 0.2) is 30.3 Å². The smallest absolute Gasteiger partial charge is 0.278 e. The molecule has 0 spiro atoms. The molecule has 21 heavy (non-hydrogen) atoms. The van der Waals surface area contributed by atoms with E-state index in [-0.39, 0.29) is 11.9 Å². The van der Waals surface area contributed by atoms with E-state index >= 15 is 0 Å². The molecule has 0 aromatic heterocycles. The molecule has 1 heterocycles. The third-order valence-corrected chi connectivity index (χ3v) is 4.14. The predicted octanol–water partition coefficient (Wildman–Crippen LogP) is -0.457. The van der Waals surface area contributed by atoms with Gasteiger partial charge in [0.2, 0.25) is 0 Å². The third kappa shape index (κ3) is 4.44. The van der Waals surface area contributed by atoms with Crippen molar-refractivity contribution in [1.29, 1.82) is 0 Å². The van der Waals surface area contributed by atoms with Crippen LogP contribution in [-0.2, 0) is 9.53 Å². The number of amides is 1. The number of para-hydroxylation sites is 1. The molecule has 1 aromatic carbocycles. The van der Waals surface area contributed by atoms with Crippen LogP contribution in [0.2, 0.25) is 0 Å². The summed E-state index contributed by atoms with van der Waals surface area (Å²) in [5.74, 6) is 0.121. The van der Waals surface area contributed by atoms with E-state index in [9.17, 15) is 4.79 Å². The minimum absolute atomic E-state index is 0.000204. The summed E-state index contributed by atoms with van der Waals surface area (Å²) in [6, 6.07) is 10.5. The van der Waals surface area contributed by atoms with E-state index in [0.717, 1.165) is 26.2 Å². The quantitative estimate of drug-likeness (QED) is 0.698. The number of ether oxygens (including phenoxy) is 1. The van der Waals surface area contributed by atoms with Gasteiger partial charge in [-0.3, -0.25) is 4.79 Å². The van der Waals surface area contributed by atoms with Gasteiger partial charge in [0, 0.05) is 19.3 Å². The molecule has 0 unspecified atom stereocenters. The van der Waals surface area contributed by atoms with E-state index in [4.69, 9.17) is 4.74 Å². The average Bonchev–Trinajstić information content (AvgIpc) is 2.55. The Hall–Kier alpha value is -1.59. The lowest BCUT2D eigenvalue weighted by molar-refractivity contribution is -0.914. The lowest BCUT2D eigenvalue weighted by Gasteiger charge is -2.36. The molecule has 1 fully saturated rings.